The number of fused-ring (bicyclic) bond motifs is 1. The number of hydrogen-bond acceptors (Lipinski definition) is 4. The number of thiazole rings is 1. The van der Waals surface area contributed by atoms with E-state index in [0.717, 1.165) is 30.8 Å². The minimum atomic E-state index is -0.0897. The Balaban J connectivity index is 0.00000161. The first kappa shape index (κ1) is 15.9. The number of aryl methyl sites for hydroxylation is 1. The summed E-state index contributed by atoms with van der Waals surface area (Å²) in [6, 6.07) is 7.58. The van der Waals surface area contributed by atoms with Crippen molar-refractivity contribution in [2.75, 3.05) is 18.9 Å². The minimum Gasteiger partial charge on any atom is -0.301 e. The average molecular weight is 324 g/mol. The monoisotopic (exact) mass is 323 g/mol. The molecule has 1 N–H and O–H groups in total. The van der Waals surface area contributed by atoms with Crippen molar-refractivity contribution in [1.82, 2.24) is 9.88 Å². The van der Waals surface area contributed by atoms with Gasteiger partial charge in [0, 0.05) is 30.0 Å². The summed E-state index contributed by atoms with van der Waals surface area (Å²) >= 11 is 1.58. The summed E-state index contributed by atoms with van der Waals surface area (Å²) < 4.78 is 0. The Labute approximate surface area is 134 Å². The Morgan fingerprint density at radius 3 is 3.00 bits per heavy atom. The molecule has 3 rings (SSSR count). The maximum Gasteiger partial charge on any atom is 0.257 e. The topological polar surface area (TPSA) is 45.2 Å². The summed E-state index contributed by atoms with van der Waals surface area (Å²) in [5.74, 6) is -0.0897. The number of anilines is 1. The van der Waals surface area contributed by atoms with E-state index >= 15 is 0 Å². The molecule has 1 aromatic carbocycles. The molecule has 4 nitrogen and oxygen atoms in total. The summed E-state index contributed by atoms with van der Waals surface area (Å²) in [5, 5.41) is 3.61. The number of hydrogen-bond donors (Lipinski definition) is 1. The molecule has 6 heteroatoms. The van der Waals surface area contributed by atoms with Crippen LogP contribution in [0.2, 0.25) is 0 Å². The van der Waals surface area contributed by atoms with Crippen LogP contribution < -0.4 is 5.32 Å². The smallest absolute Gasteiger partial charge is 0.257 e. The van der Waals surface area contributed by atoms with E-state index < -0.39 is 0 Å². The number of carbonyl (C=O) groups is 1. The highest BCUT2D eigenvalue weighted by Crippen LogP contribution is 2.28. The first-order chi connectivity index (χ1) is 9.61. The fourth-order valence-corrected chi connectivity index (χ4v) is 3.42. The fourth-order valence-electron chi connectivity index (χ4n) is 2.33. The van der Waals surface area contributed by atoms with Crippen molar-refractivity contribution >= 4 is 34.8 Å². The molecule has 0 radical (unpaired) electrons. The van der Waals surface area contributed by atoms with Crippen LogP contribution in [0.4, 0.5) is 5.13 Å². The van der Waals surface area contributed by atoms with Crippen molar-refractivity contribution in [2.45, 2.75) is 19.9 Å². The largest absolute Gasteiger partial charge is 0.301 e. The first-order valence-electron chi connectivity index (χ1n) is 6.67. The van der Waals surface area contributed by atoms with Crippen LogP contribution in [0.3, 0.4) is 0 Å². The van der Waals surface area contributed by atoms with Gasteiger partial charge in [-0.05, 0) is 26.1 Å². The van der Waals surface area contributed by atoms with E-state index in [2.05, 4.69) is 22.2 Å². The molecular formula is C15H18ClN3OS. The Hall–Kier alpha value is -1.43. The lowest BCUT2D eigenvalue weighted by Gasteiger charge is -2.20. The number of aromatic nitrogens is 1. The zero-order valence-corrected chi connectivity index (χ0v) is 13.7. The molecule has 2 aromatic rings. The zero-order chi connectivity index (χ0) is 14.1. The lowest BCUT2D eigenvalue weighted by Crippen LogP contribution is -2.25. The summed E-state index contributed by atoms with van der Waals surface area (Å²) in [6.07, 6.45) is 0.961. The fraction of sp³-hybridized carbons (Fsp3) is 0.333. The summed E-state index contributed by atoms with van der Waals surface area (Å²) in [5.41, 5.74) is 2.89. The molecule has 1 aromatic heterocycles. The molecule has 1 aliphatic rings. The van der Waals surface area contributed by atoms with E-state index in [1.54, 1.807) is 11.3 Å². The van der Waals surface area contributed by atoms with E-state index in [-0.39, 0.29) is 18.3 Å². The quantitative estimate of drug-likeness (QED) is 0.923. The van der Waals surface area contributed by atoms with Crippen LogP contribution in [-0.2, 0) is 13.0 Å². The third kappa shape index (κ3) is 3.61. The minimum absolute atomic E-state index is 0. The lowest BCUT2D eigenvalue weighted by atomic mass is 10.1. The van der Waals surface area contributed by atoms with E-state index in [1.807, 2.05) is 31.2 Å². The van der Waals surface area contributed by atoms with Crippen molar-refractivity contribution in [1.29, 1.82) is 0 Å². The maximum atomic E-state index is 12.2. The Bertz CT molecular complexity index is 656. The van der Waals surface area contributed by atoms with E-state index in [9.17, 15) is 4.79 Å². The van der Waals surface area contributed by atoms with Gasteiger partial charge in [-0.1, -0.05) is 17.7 Å². The molecule has 0 unspecified atom stereocenters. The normalized spacial score (nSPS) is 14.2. The van der Waals surface area contributed by atoms with Gasteiger partial charge < -0.3 is 4.90 Å². The number of carbonyl (C=O) groups excluding carboxylic acids is 1. The molecule has 1 aliphatic heterocycles. The molecule has 2 heterocycles. The second-order valence-corrected chi connectivity index (χ2v) is 6.28. The van der Waals surface area contributed by atoms with Crippen molar-refractivity contribution < 1.29 is 4.79 Å². The molecule has 0 saturated heterocycles. The van der Waals surface area contributed by atoms with Crippen LogP contribution in [0.25, 0.3) is 0 Å². The number of nitrogens with zero attached hydrogens (tertiary/aromatic N) is 2. The van der Waals surface area contributed by atoms with Crippen molar-refractivity contribution in [3.8, 4) is 0 Å². The van der Waals surface area contributed by atoms with Gasteiger partial charge in [0.15, 0.2) is 5.13 Å². The molecule has 0 fully saturated rings. The molecular weight excluding hydrogens is 306 g/mol. The molecule has 112 valence electrons. The number of amides is 1. The van der Waals surface area contributed by atoms with E-state index in [1.165, 1.54) is 4.88 Å². The number of rotatable bonds is 2. The zero-order valence-electron chi connectivity index (χ0n) is 12.0. The van der Waals surface area contributed by atoms with Gasteiger partial charge in [-0.15, -0.1) is 23.7 Å². The van der Waals surface area contributed by atoms with E-state index in [4.69, 9.17) is 0 Å². The van der Waals surface area contributed by atoms with Gasteiger partial charge in [0.25, 0.3) is 5.91 Å². The van der Waals surface area contributed by atoms with Crippen LogP contribution in [0.15, 0.2) is 24.3 Å². The van der Waals surface area contributed by atoms with Gasteiger partial charge in [-0.2, -0.15) is 0 Å². The molecule has 0 spiro atoms. The molecule has 21 heavy (non-hydrogen) atoms. The van der Waals surface area contributed by atoms with Crippen molar-refractivity contribution in [2.24, 2.45) is 0 Å². The Morgan fingerprint density at radius 1 is 1.43 bits per heavy atom. The first-order valence-corrected chi connectivity index (χ1v) is 7.48. The van der Waals surface area contributed by atoms with Crippen molar-refractivity contribution in [3.05, 3.63) is 46.0 Å². The highest BCUT2D eigenvalue weighted by atomic mass is 35.5. The second-order valence-electron chi connectivity index (χ2n) is 5.20. The van der Waals surface area contributed by atoms with Gasteiger partial charge in [-0.3, -0.25) is 10.1 Å². The molecule has 1 amide bonds. The lowest BCUT2D eigenvalue weighted by molar-refractivity contribution is 0.102. The Kier molecular flexibility index (Phi) is 4.98. The summed E-state index contributed by atoms with van der Waals surface area (Å²) in [4.78, 5) is 20.3. The number of likely N-dealkylation sites (N-methyl/N-ethyl adjacent to an activating group) is 1. The molecule has 0 atom stereocenters. The van der Waals surface area contributed by atoms with Crippen molar-refractivity contribution in [3.63, 3.8) is 0 Å². The summed E-state index contributed by atoms with van der Waals surface area (Å²) in [6.45, 7) is 3.93. The van der Waals surface area contributed by atoms with Gasteiger partial charge in [-0.25, -0.2) is 4.98 Å². The van der Waals surface area contributed by atoms with Gasteiger partial charge in [0.1, 0.15) is 0 Å². The van der Waals surface area contributed by atoms with Gasteiger partial charge in [0.2, 0.25) is 0 Å². The maximum absolute atomic E-state index is 12.2. The third-order valence-corrected chi connectivity index (χ3v) is 4.42. The van der Waals surface area contributed by atoms with Crippen LogP contribution >= 0.6 is 23.7 Å². The van der Waals surface area contributed by atoms with E-state index in [0.29, 0.717) is 10.7 Å². The molecule has 0 bridgehead atoms. The SMILES string of the molecule is Cc1cccc(C(=O)Nc2nc3c(s2)CN(C)CC3)c1.Cl. The number of halogens is 1. The van der Waals surface area contributed by atoms with Crippen LogP contribution in [0.1, 0.15) is 26.5 Å². The Morgan fingerprint density at radius 2 is 2.24 bits per heavy atom. The van der Waals surface area contributed by atoms with Crippen LogP contribution in [-0.4, -0.2) is 29.4 Å². The van der Waals surface area contributed by atoms with Crippen LogP contribution in [0.5, 0.6) is 0 Å². The molecule has 0 aliphatic carbocycles. The number of nitrogens with one attached hydrogen (secondary N) is 1. The number of benzene rings is 1. The van der Waals surface area contributed by atoms with Crippen LogP contribution in [0, 0.1) is 6.92 Å². The standard InChI is InChI=1S/C15H17N3OS.ClH/c1-10-4-3-5-11(8-10)14(19)17-15-16-12-6-7-18(2)9-13(12)20-15;/h3-5,8H,6-7,9H2,1-2H3,(H,16,17,19);1H. The molecule has 0 saturated carbocycles. The highest BCUT2D eigenvalue weighted by molar-refractivity contribution is 7.15. The highest BCUT2D eigenvalue weighted by Gasteiger charge is 2.19. The van der Waals surface area contributed by atoms with Gasteiger partial charge >= 0.3 is 0 Å². The average Bonchev–Trinajstić information content (AvgIpc) is 2.80. The second kappa shape index (κ2) is 6.56. The predicted octanol–water partition coefficient (Wildman–Crippen LogP) is 3.11. The predicted molar refractivity (Wildman–Crippen MR) is 88.5 cm³/mol. The summed E-state index contributed by atoms with van der Waals surface area (Å²) in [7, 11) is 2.10. The van der Waals surface area contributed by atoms with Gasteiger partial charge in [0.05, 0.1) is 5.69 Å². The third-order valence-electron chi connectivity index (χ3n) is 3.42.